The van der Waals surface area contributed by atoms with Crippen LogP contribution >= 0.6 is 34.2 Å². The number of hydrogen-bond acceptors (Lipinski definition) is 2. The van der Waals surface area contributed by atoms with Gasteiger partial charge in [0.25, 0.3) is 0 Å². The lowest BCUT2D eigenvalue weighted by Gasteiger charge is -2.30. The Morgan fingerprint density at radius 1 is 1.29 bits per heavy atom. The predicted octanol–water partition coefficient (Wildman–Crippen LogP) is 2.35. The molecule has 0 saturated carbocycles. The van der Waals surface area contributed by atoms with Crippen molar-refractivity contribution in [3.8, 4) is 0 Å². The highest BCUT2D eigenvalue weighted by Crippen LogP contribution is 2.26. The molecule has 14 heavy (non-hydrogen) atoms. The van der Waals surface area contributed by atoms with Crippen LogP contribution < -0.4 is 10.2 Å². The van der Waals surface area contributed by atoms with E-state index < -0.39 is 0 Å². The van der Waals surface area contributed by atoms with Gasteiger partial charge < -0.3 is 10.2 Å². The lowest BCUT2D eigenvalue weighted by molar-refractivity contribution is 0.588. The van der Waals surface area contributed by atoms with Gasteiger partial charge in [-0.05, 0) is 40.8 Å². The molecule has 0 aliphatic carbocycles. The van der Waals surface area contributed by atoms with Gasteiger partial charge in [-0.1, -0.05) is 11.6 Å². The zero-order valence-electron chi connectivity index (χ0n) is 7.76. The highest BCUT2D eigenvalue weighted by molar-refractivity contribution is 14.1. The van der Waals surface area contributed by atoms with Crippen LogP contribution in [0.1, 0.15) is 0 Å². The highest BCUT2D eigenvalue weighted by atomic mass is 127. The number of piperazine rings is 1. The van der Waals surface area contributed by atoms with E-state index in [1.54, 1.807) is 0 Å². The lowest BCUT2D eigenvalue weighted by atomic mass is 10.2. The first-order chi connectivity index (χ1) is 6.77. The van der Waals surface area contributed by atoms with Crippen LogP contribution in [-0.4, -0.2) is 26.2 Å². The van der Waals surface area contributed by atoms with Crippen molar-refractivity contribution in [2.24, 2.45) is 0 Å². The summed E-state index contributed by atoms with van der Waals surface area (Å²) in [7, 11) is 0. The van der Waals surface area contributed by atoms with Crippen LogP contribution in [0, 0.1) is 3.57 Å². The monoisotopic (exact) mass is 322 g/mol. The van der Waals surface area contributed by atoms with E-state index in [0.717, 1.165) is 31.2 Å². The molecule has 1 saturated heterocycles. The third-order valence-corrected chi connectivity index (χ3v) is 3.51. The molecule has 1 fully saturated rings. The van der Waals surface area contributed by atoms with E-state index in [1.165, 1.54) is 9.26 Å². The first-order valence-corrected chi connectivity index (χ1v) is 6.14. The molecule has 1 aliphatic rings. The molecule has 4 heteroatoms. The smallest absolute Gasteiger partial charge is 0.0517 e. The average molecular weight is 323 g/mol. The second-order valence-corrected chi connectivity index (χ2v) is 4.93. The summed E-state index contributed by atoms with van der Waals surface area (Å²) < 4.78 is 1.27. The standard InChI is InChI=1S/C10H12ClIN2/c11-8-1-2-9(12)10(7-8)14-5-3-13-4-6-14/h1-2,7,13H,3-6H2. The van der Waals surface area contributed by atoms with Gasteiger partial charge in [0.15, 0.2) is 0 Å². The molecule has 2 rings (SSSR count). The minimum absolute atomic E-state index is 0.818. The molecule has 0 radical (unpaired) electrons. The van der Waals surface area contributed by atoms with E-state index in [2.05, 4.69) is 44.9 Å². The van der Waals surface area contributed by atoms with Gasteiger partial charge in [-0.3, -0.25) is 0 Å². The normalized spacial score (nSPS) is 17.1. The summed E-state index contributed by atoms with van der Waals surface area (Å²) in [6.45, 7) is 4.25. The van der Waals surface area contributed by atoms with Gasteiger partial charge in [0.1, 0.15) is 0 Å². The molecule has 0 aromatic heterocycles. The molecular formula is C10H12ClIN2. The fourth-order valence-electron chi connectivity index (χ4n) is 1.63. The van der Waals surface area contributed by atoms with E-state index in [0.29, 0.717) is 0 Å². The largest absolute Gasteiger partial charge is 0.368 e. The van der Waals surface area contributed by atoms with Crippen LogP contribution in [0.25, 0.3) is 0 Å². The summed E-state index contributed by atoms with van der Waals surface area (Å²) in [4.78, 5) is 2.38. The number of nitrogens with zero attached hydrogens (tertiary/aromatic N) is 1. The molecule has 1 N–H and O–H groups in total. The van der Waals surface area contributed by atoms with Crippen molar-refractivity contribution in [2.45, 2.75) is 0 Å². The number of nitrogens with one attached hydrogen (secondary N) is 1. The van der Waals surface area contributed by atoms with E-state index in [9.17, 15) is 0 Å². The maximum atomic E-state index is 5.99. The third kappa shape index (κ3) is 2.32. The van der Waals surface area contributed by atoms with Crippen molar-refractivity contribution < 1.29 is 0 Å². The molecular weight excluding hydrogens is 310 g/mol. The Hall–Kier alpha value is -0.0000000000000000833. The number of hydrogen-bond donors (Lipinski definition) is 1. The summed E-state index contributed by atoms with van der Waals surface area (Å²) in [5, 5.41) is 4.16. The number of anilines is 1. The van der Waals surface area contributed by atoms with Gasteiger partial charge in [0.2, 0.25) is 0 Å². The maximum Gasteiger partial charge on any atom is 0.0517 e. The summed E-state index contributed by atoms with van der Waals surface area (Å²) in [5.74, 6) is 0. The quantitative estimate of drug-likeness (QED) is 0.799. The van der Waals surface area contributed by atoms with E-state index in [1.807, 2.05) is 6.07 Å². The molecule has 0 atom stereocenters. The van der Waals surface area contributed by atoms with Gasteiger partial charge in [-0.25, -0.2) is 0 Å². The Kier molecular flexibility index (Phi) is 3.52. The molecule has 0 amide bonds. The van der Waals surface area contributed by atoms with E-state index in [4.69, 9.17) is 11.6 Å². The molecule has 1 heterocycles. The van der Waals surface area contributed by atoms with Crippen LogP contribution in [0.4, 0.5) is 5.69 Å². The van der Waals surface area contributed by atoms with Crippen molar-refractivity contribution in [2.75, 3.05) is 31.1 Å². The summed E-state index contributed by atoms with van der Waals surface area (Å²) in [5.41, 5.74) is 1.26. The number of halogens is 2. The van der Waals surface area contributed by atoms with Crippen molar-refractivity contribution in [1.82, 2.24) is 5.32 Å². The number of benzene rings is 1. The van der Waals surface area contributed by atoms with Crippen LogP contribution in [0.5, 0.6) is 0 Å². The van der Waals surface area contributed by atoms with Crippen molar-refractivity contribution >= 4 is 39.9 Å². The molecule has 0 unspecified atom stereocenters. The van der Waals surface area contributed by atoms with Crippen LogP contribution in [0.2, 0.25) is 5.02 Å². The zero-order valence-corrected chi connectivity index (χ0v) is 10.7. The van der Waals surface area contributed by atoms with Gasteiger partial charge in [-0.15, -0.1) is 0 Å². The Balaban J connectivity index is 2.24. The van der Waals surface area contributed by atoms with Crippen molar-refractivity contribution in [3.63, 3.8) is 0 Å². The van der Waals surface area contributed by atoms with E-state index >= 15 is 0 Å². The van der Waals surface area contributed by atoms with Crippen molar-refractivity contribution in [1.29, 1.82) is 0 Å². The lowest BCUT2D eigenvalue weighted by Crippen LogP contribution is -2.43. The average Bonchev–Trinajstić information content (AvgIpc) is 2.23. The molecule has 1 aliphatic heterocycles. The fraction of sp³-hybridized carbons (Fsp3) is 0.400. The molecule has 76 valence electrons. The Morgan fingerprint density at radius 2 is 2.00 bits per heavy atom. The Labute approximate surface area is 103 Å². The molecule has 2 nitrogen and oxygen atoms in total. The second kappa shape index (κ2) is 4.68. The van der Waals surface area contributed by atoms with Gasteiger partial charge in [-0.2, -0.15) is 0 Å². The topological polar surface area (TPSA) is 15.3 Å². The molecule has 1 aromatic carbocycles. The van der Waals surface area contributed by atoms with Crippen molar-refractivity contribution in [3.05, 3.63) is 26.8 Å². The van der Waals surface area contributed by atoms with Gasteiger partial charge >= 0.3 is 0 Å². The minimum Gasteiger partial charge on any atom is -0.368 e. The Morgan fingerprint density at radius 3 is 2.71 bits per heavy atom. The van der Waals surface area contributed by atoms with Crippen LogP contribution in [0.15, 0.2) is 18.2 Å². The highest BCUT2D eigenvalue weighted by Gasteiger charge is 2.13. The molecule has 0 bridgehead atoms. The first kappa shape index (κ1) is 10.5. The fourth-order valence-corrected chi connectivity index (χ4v) is 2.48. The minimum atomic E-state index is 0.818. The van der Waals surface area contributed by atoms with Crippen LogP contribution in [0.3, 0.4) is 0 Å². The zero-order chi connectivity index (χ0) is 9.97. The second-order valence-electron chi connectivity index (χ2n) is 3.33. The number of rotatable bonds is 1. The van der Waals surface area contributed by atoms with Gasteiger partial charge in [0, 0.05) is 34.8 Å². The molecule has 0 spiro atoms. The molecule has 1 aromatic rings. The first-order valence-electron chi connectivity index (χ1n) is 4.68. The van der Waals surface area contributed by atoms with Crippen LogP contribution in [-0.2, 0) is 0 Å². The van der Waals surface area contributed by atoms with E-state index in [-0.39, 0.29) is 0 Å². The Bertz CT molecular complexity index is 324. The maximum absolute atomic E-state index is 5.99. The summed E-state index contributed by atoms with van der Waals surface area (Å²) in [6, 6.07) is 6.06. The summed E-state index contributed by atoms with van der Waals surface area (Å²) in [6.07, 6.45) is 0. The SMILES string of the molecule is Clc1ccc(I)c(N2CCNCC2)c1. The third-order valence-electron chi connectivity index (χ3n) is 2.37. The summed E-state index contributed by atoms with van der Waals surface area (Å²) >= 11 is 8.35. The predicted molar refractivity (Wildman–Crippen MR) is 69.3 cm³/mol. The van der Waals surface area contributed by atoms with Gasteiger partial charge in [0.05, 0.1) is 5.69 Å².